The van der Waals surface area contributed by atoms with Gasteiger partial charge in [-0.2, -0.15) is 0 Å². The van der Waals surface area contributed by atoms with Crippen LogP contribution in [0, 0.1) is 11.3 Å². The molecule has 0 aromatic rings. The molecule has 9 heavy (non-hydrogen) atoms. The van der Waals surface area contributed by atoms with Crippen molar-refractivity contribution in [1.29, 1.82) is 0 Å². The van der Waals surface area contributed by atoms with Crippen molar-refractivity contribution < 1.29 is 0 Å². The van der Waals surface area contributed by atoms with Crippen molar-refractivity contribution in [1.82, 2.24) is 0 Å². The van der Waals surface area contributed by atoms with Crippen LogP contribution in [0.1, 0.15) is 20.3 Å². The molecule has 0 bridgehead atoms. The van der Waals surface area contributed by atoms with E-state index in [2.05, 4.69) is 20.4 Å². The Morgan fingerprint density at radius 3 is 2.44 bits per heavy atom. The standard InChI is InChI=1S/C8H15N/c1-4-8(3)5-7(9)6(8)2/h4,6-7H,1,5,9H2,2-3H3. The largest absolute Gasteiger partial charge is 0.327 e. The van der Waals surface area contributed by atoms with Gasteiger partial charge in [0.05, 0.1) is 0 Å². The maximum atomic E-state index is 5.73. The highest BCUT2D eigenvalue weighted by atomic mass is 14.7. The first-order valence-corrected chi connectivity index (χ1v) is 3.49. The van der Waals surface area contributed by atoms with Crippen molar-refractivity contribution in [3.8, 4) is 0 Å². The zero-order chi connectivity index (χ0) is 7.07. The molecule has 1 heteroatoms. The van der Waals surface area contributed by atoms with E-state index in [1.165, 1.54) is 0 Å². The third kappa shape index (κ3) is 0.799. The van der Waals surface area contributed by atoms with Crippen molar-refractivity contribution in [3.63, 3.8) is 0 Å². The van der Waals surface area contributed by atoms with Gasteiger partial charge in [-0.15, -0.1) is 6.58 Å². The van der Waals surface area contributed by atoms with Crippen LogP contribution >= 0.6 is 0 Å². The average Bonchev–Trinajstić information content (AvgIpc) is 1.87. The minimum atomic E-state index is 0.333. The fraction of sp³-hybridized carbons (Fsp3) is 0.750. The van der Waals surface area contributed by atoms with Crippen LogP contribution in [-0.4, -0.2) is 6.04 Å². The molecule has 0 aromatic carbocycles. The van der Waals surface area contributed by atoms with Gasteiger partial charge in [0.1, 0.15) is 0 Å². The summed E-state index contributed by atoms with van der Waals surface area (Å²) in [5.41, 5.74) is 6.06. The van der Waals surface area contributed by atoms with Crippen LogP contribution in [0.25, 0.3) is 0 Å². The quantitative estimate of drug-likeness (QED) is 0.529. The SMILES string of the molecule is C=CC1(C)CC(N)C1C. The zero-order valence-electron chi connectivity index (χ0n) is 6.22. The second-order valence-electron chi connectivity index (χ2n) is 3.37. The molecule has 0 spiro atoms. The van der Waals surface area contributed by atoms with E-state index >= 15 is 0 Å². The van der Waals surface area contributed by atoms with Gasteiger partial charge in [0.25, 0.3) is 0 Å². The second kappa shape index (κ2) is 1.84. The molecule has 1 rings (SSSR count). The Bertz CT molecular complexity index is 131. The molecule has 1 saturated carbocycles. The van der Waals surface area contributed by atoms with E-state index in [4.69, 9.17) is 5.73 Å². The summed E-state index contributed by atoms with van der Waals surface area (Å²) >= 11 is 0. The lowest BCUT2D eigenvalue weighted by atomic mass is 9.59. The molecule has 0 radical (unpaired) electrons. The predicted octanol–water partition coefficient (Wildman–Crippen LogP) is 1.55. The monoisotopic (exact) mass is 125 g/mol. The second-order valence-corrected chi connectivity index (χ2v) is 3.37. The average molecular weight is 125 g/mol. The van der Waals surface area contributed by atoms with Crippen molar-refractivity contribution in [3.05, 3.63) is 12.7 Å². The maximum absolute atomic E-state index is 5.73. The molecule has 0 heterocycles. The third-order valence-corrected chi connectivity index (χ3v) is 2.82. The minimum absolute atomic E-state index is 0.333. The molecule has 0 aliphatic heterocycles. The molecule has 2 N–H and O–H groups in total. The molecule has 0 amide bonds. The van der Waals surface area contributed by atoms with Gasteiger partial charge < -0.3 is 5.73 Å². The fourth-order valence-electron chi connectivity index (χ4n) is 1.47. The summed E-state index contributed by atoms with van der Waals surface area (Å²) in [5, 5.41) is 0. The van der Waals surface area contributed by atoms with Crippen LogP contribution in [0.2, 0.25) is 0 Å². The molecule has 3 unspecified atom stereocenters. The smallest absolute Gasteiger partial charge is 0.00809 e. The summed E-state index contributed by atoms with van der Waals surface area (Å²) in [5.74, 6) is 0.620. The summed E-state index contributed by atoms with van der Waals surface area (Å²) in [4.78, 5) is 0. The summed E-state index contributed by atoms with van der Waals surface area (Å²) in [6, 6.07) is 0.410. The van der Waals surface area contributed by atoms with E-state index in [9.17, 15) is 0 Å². The van der Waals surface area contributed by atoms with Crippen molar-refractivity contribution >= 4 is 0 Å². The number of hydrogen-bond acceptors (Lipinski definition) is 1. The van der Waals surface area contributed by atoms with Crippen LogP contribution in [0.15, 0.2) is 12.7 Å². The summed E-state index contributed by atoms with van der Waals surface area (Å²) < 4.78 is 0. The van der Waals surface area contributed by atoms with Crippen molar-refractivity contribution in [2.75, 3.05) is 0 Å². The number of rotatable bonds is 1. The molecule has 3 atom stereocenters. The van der Waals surface area contributed by atoms with Crippen LogP contribution in [0.5, 0.6) is 0 Å². The van der Waals surface area contributed by atoms with E-state index in [0.717, 1.165) is 6.42 Å². The van der Waals surface area contributed by atoms with Gasteiger partial charge in [-0.05, 0) is 17.8 Å². The van der Waals surface area contributed by atoms with Crippen molar-refractivity contribution in [2.45, 2.75) is 26.3 Å². The summed E-state index contributed by atoms with van der Waals surface area (Å²) in [6.45, 7) is 8.19. The predicted molar refractivity (Wildman–Crippen MR) is 40.1 cm³/mol. The lowest BCUT2D eigenvalue weighted by molar-refractivity contribution is 0.0894. The fourth-order valence-corrected chi connectivity index (χ4v) is 1.47. The lowest BCUT2D eigenvalue weighted by Gasteiger charge is -2.48. The molecule has 52 valence electrons. The lowest BCUT2D eigenvalue weighted by Crippen LogP contribution is -2.51. The topological polar surface area (TPSA) is 26.0 Å². The zero-order valence-corrected chi connectivity index (χ0v) is 6.22. The van der Waals surface area contributed by atoms with Gasteiger partial charge in [0, 0.05) is 6.04 Å². The van der Waals surface area contributed by atoms with Gasteiger partial charge in [-0.25, -0.2) is 0 Å². The Morgan fingerprint density at radius 2 is 2.33 bits per heavy atom. The van der Waals surface area contributed by atoms with Crippen LogP contribution in [0.3, 0.4) is 0 Å². The van der Waals surface area contributed by atoms with Crippen LogP contribution in [-0.2, 0) is 0 Å². The molecular weight excluding hydrogens is 110 g/mol. The Hall–Kier alpha value is -0.300. The number of allylic oxidation sites excluding steroid dienone is 1. The molecule has 1 fully saturated rings. The van der Waals surface area contributed by atoms with E-state index < -0.39 is 0 Å². The van der Waals surface area contributed by atoms with Gasteiger partial charge >= 0.3 is 0 Å². The molecule has 1 nitrogen and oxygen atoms in total. The van der Waals surface area contributed by atoms with Gasteiger partial charge in [-0.3, -0.25) is 0 Å². The highest BCUT2D eigenvalue weighted by molar-refractivity contribution is 5.07. The first-order chi connectivity index (χ1) is 4.10. The minimum Gasteiger partial charge on any atom is -0.327 e. The van der Waals surface area contributed by atoms with Gasteiger partial charge in [-0.1, -0.05) is 19.9 Å². The highest BCUT2D eigenvalue weighted by Crippen LogP contribution is 2.45. The number of hydrogen-bond donors (Lipinski definition) is 1. The molecular formula is C8H15N. The van der Waals surface area contributed by atoms with E-state index in [1.807, 2.05) is 6.08 Å². The Balaban J connectivity index is 2.58. The normalized spacial score (nSPS) is 50.1. The molecule has 0 saturated heterocycles. The first-order valence-electron chi connectivity index (χ1n) is 3.49. The van der Waals surface area contributed by atoms with Gasteiger partial charge in [0.2, 0.25) is 0 Å². The maximum Gasteiger partial charge on any atom is 0.00809 e. The summed E-state index contributed by atoms with van der Waals surface area (Å²) in [6.07, 6.45) is 3.14. The van der Waals surface area contributed by atoms with E-state index in [0.29, 0.717) is 17.4 Å². The Kier molecular flexibility index (Phi) is 1.39. The van der Waals surface area contributed by atoms with E-state index in [1.54, 1.807) is 0 Å². The Morgan fingerprint density at radius 1 is 1.78 bits per heavy atom. The molecule has 1 aliphatic rings. The van der Waals surface area contributed by atoms with Crippen LogP contribution in [0.4, 0.5) is 0 Å². The third-order valence-electron chi connectivity index (χ3n) is 2.82. The van der Waals surface area contributed by atoms with Crippen molar-refractivity contribution in [2.24, 2.45) is 17.1 Å². The highest BCUT2D eigenvalue weighted by Gasteiger charge is 2.43. The molecule has 0 aromatic heterocycles. The van der Waals surface area contributed by atoms with E-state index in [-0.39, 0.29) is 0 Å². The number of nitrogens with two attached hydrogens (primary N) is 1. The first kappa shape index (κ1) is 6.81. The van der Waals surface area contributed by atoms with Crippen LogP contribution < -0.4 is 5.73 Å². The Labute approximate surface area is 56.9 Å². The molecule has 1 aliphatic carbocycles. The van der Waals surface area contributed by atoms with Gasteiger partial charge in [0.15, 0.2) is 0 Å². The summed E-state index contributed by atoms with van der Waals surface area (Å²) in [7, 11) is 0.